The summed E-state index contributed by atoms with van der Waals surface area (Å²) in [5, 5.41) is 20.7. The van der Waals surface area contributed by atoms with E-state index in [9.17, 15) is 0 Å². The summed E-state index contributed by atoms with van der Waals surface area (Å²) in [6, 6.07) is 7.70. The summed E-state index contributed by atoms with van der Waals surface area (Å²) in [6.45, 7) is 0.813. The van der Waals surface area contributed by atoms with Crippen molar-refractivity contribution < 1.29 is 14.9 Å². The molecule has 1 aromatic carbocycles. The Labute approximate surface area is 89.5 Å². The topological polar surface area (TPSA) is 61.7 Å². The number of hydrogen-bond acceptors (Lipinski definition) is 4. The molecule has 0 aliphatic carbocycles. The minimum absolute atomic E-state index is 0.217. The minimum atomic E-state index is -0.699. The number of benzene rings is 1. The first-order chi connectivity index (χ1) is 7.26. The molecule has 0 fully saturated rings. The monoisotopic (exact) mass is 211 g/mol. The molecular formula is C11H17NO3. The first-order valence-corrected chi connectivity index (χ1v) is 4.89. The highest BCUT2D eigenvalue weighted by Crippen LogP contribution is 2.11. The average Bonchev–Trinajstić information content (AvgIpc) is 2.29. The smallest absolute Gasteiger partial charge is 0.119 e. The van der Waals surface area contributed by atoms with Crippen LogP contribution in [-0.2, 0) is 6.54 Å². The average molecular weight is 211 g/mol. The van der Waals surface area contributed by atoms with Crippen molar-refractivity contribution in [2.45, 2.75) is 12.6 Å². The van der Waals surface area contributed by atoms with Gasteiger partial charge in [-0.15, -0.1) is 0 Å². The zero-order valence-corrected chi connectivity index (χ0v) is 8.81. The fourth-order valence-corrected chi connectivity index (χ4v) is 1.23. The Morgan fingerprint density at radius 1 is 1.47 bits per heavy atom. The van der Waals surface area contributed by atoms with Crippen molar-refractivity contribution in [1.29, 1.82) is 0 Å². The molecule has 3 N–H and O–H groups in total. The van der Waals surface area contributed by atoms with E-state index in [2.05, 4.69) is 5.32 Å². The summed E-state index contributed by atoms with van der Waals surface area (Å²) in [4.78, 5) is 0. The molecule has 1 unspecified atom stereocenters. The van der Waals surface area contributed by atoms with E-state index in [-0.39, 0.29) is 6.61 Å². The van der Waals surface area contributed by atoms with Crippen molar-refractivity contribution in [2.75, 3.05) is 20.3 Å². The predicted octanol–water partition coefficient (Wildman–Crippen LogP) is 0.138. The molecule has 0 aliphatic rings. The van der Waals surface area contributed by atoms with Gasteiger partial charge in [0.15, 0.2) is 0 Å². The Balaban J connectivity index is 2.37. The van der Waals surface area contributed by atoms with Gasteiger partial charge < -0.3 is 20.3 Å². The number of rotatable bonds is 6. The Morgan fingerprint density at radius 2 is 2.27 bits per heavy atom. The molecule has 1 atom stereocenters. The molecule has 0 heterocycles. The lowest BCUT2D eigenvalue weighted by atomic mass is 10.2. The number of aliphatic hydroxyl groups excluding tert-OH is 2. The second kappa shape index (κ2) is 6.40. The highest BCUT2D eigenvalue weighted by atomic mass is 16.5. The zero-order valence-electron chi connectivity index (χ0n) is 8.81. The van der Waals surface area contributed by atoms with Crippen molar-refractivity contribution in [3.63, 3.8) is 0 Å². The van der Waals surface area contributed by atoms with Crippen molar-refractivity contribution in [1.82, 2.24) is 5.32 Å². The van der Waals surface area contributed by atoms with Gasteiger partial charge in [0.05, 0.1) is 19.8 Å². The van der Waals surface area contributed by atoms with Crippen molar-refractivity contribution in [2.24, 2.45) is 0 Å². The third kappa shape index (κ3) is 4.29. The first-order valence-electron chi connectivity index (χ1n) is 4.89. The van der Waals surface area contributed by atoms with Crippen molar-refractivity contribution >= 4 is 0 Å². The molecule has 0 aromatic heterocycles. The van der Waals surface area contributed by atoms with Crippen LogP contribution < -0.4 is 10.1 Å². The Bertz CT molecular complexity index is 291. The van der Waals surface area contributed by atoms with Crippen LogP contribution in [-0.4, -0.2) is 36.6 Å². The number of ether oxygens (including phenoxy) is 1. The van der Waals surface area contributed by atoms with Gasteiger partial charge in [0, 0.05) is 13.1 Å². The molecule has 15 heavy (non-hydrogen) atoms. The lowest BCUT2D eigenvalue weighted by Crippen LogP contribution is -2.28. The third-order valence-electron chi connectivity index (χ3n) is 2.05. The summed E-state index contributed by atoms with van der Waals surface area (Å²) < 4.78 is 5.09. The first kappa shape index (κ1) is 12.0. The van der Waals surface area contributed by atoms with Crippen LogP contribution in [0.2, 0.25) is 0 Å². The van der Waals surface area contributed by atoms with Gasteiger partial charge >= 0.3 is 0 Å². The van der Waals surface area contributed by atoms with Gasteiger partial charge in [-0.3, -0.25) is 0 Å². The Morgan fingerprint density at radius 3 is 2.93 bits per heavy atom. The lowest BCUT2D eigenvalue weighted by Gasteiger charge is -2.09. The van der Waals surface area contributed by atoms with Gasteiger partial charge in [-0.05, 0) is 17.7 Å². The van der Waals surface area contributed by atoms with E-state index in [4.69, 9.17) is 14.9 Å². The van der Waals surface area contributed by atoms with Crippen LogP contribution in [0, 0.1) is 0 Å². The number of nitrogens with one attached hydrogen (secondary N) is 1. The SMILES string of the molecule is COc1cccc(CNCC(O)CO)c1. The van der Waals surface area contributed by atoms with Gasteiger partial charge in [0.25, 0.3) is 0 Å². The fraction of sp³-hybridized carbons (Fsp3) is 0.455. The molecule has 84 valence electrons. The van der Waals surface area contributed by atoms with E-state index < -0.39 is 6.10 Å². The largest absolute Gasteiger partial charge is 0.497 e. The van der Waals surface area contributed by atoms with E-state index in [0.29, 0.717) is 13.1 Å². The summed E-state index contributed by atoms with van der Waals surface area (Å²) in [7, 11) is 1.63. The lowest BCUT2D eigenvalue weighted by molar-refractivity contribution is 0.0942. The summed E-state index contributed by atoms with van der Waals surface area (Å²) >= 11 is 0. The van der Waals surface area contributed by atoms with Crippen molar-refractivity contribution in [3.8, 4) is 5.75 Å². The molecule has 4 nitrogen and oxygen atoms in total. The maximum Gasteiger partial charge on any atom is 0.119 e. The maximum absolute atomic E-state index is 9.10. The van der Waals surface area contributed by atoms with Crippen molar-refractivity contribution in [3.05, 3.63) is 29.8 Å². The van der Waals surface area contributed by atoms with Crippen LogP contribution in [0.5, 0.6) is 5.75 Å². The van der Waals surface area contributed by atoms with Crippen LogP contribution in [0.4, 0.5) is 0 Å². The second-order valence-electron chi connectivity index (χ2n) is 3.32. The van der Waals surface area contributed by atoms with Gasteiger partial charge in [-0.1, -0.05) is 12.1 Å². The molecule has 1 aromatic rings. The molecular weight excluding hydrogens is 194 g/mol. The van der Waals surface area contributed by atoms with E-state index >= 15 is 0 Å². The Hall–Kier alpha value is -1.10. The van der Waals surface area contributed by atoms with Crippen LogP contribution in [0.15, 0.2) is 24.3 Å². The second-order valence-corrected chi connectivity index (χ2v) is 3.32. The summed E-state index contributed by atoms with van der Waals surface area (Å²) in [5.41, 5.74) is 1.08. The summed E-state index contributed by atoms with van der Waals surface area (Å²) in [5.74, 6) is 0.817. The molecule has 1 rings (SSSR count). The molecule has 0 saturated carbocycles. The highest BCUT2D eigenvalue weighted by Gasteiger charge is 2.01. The Kier molecular flexibility index (Phi) is 5.10. The van der Waals surface area contributed by atoms with Gasteiger partial charge in [0.1, 0.15) is 5.75 Å². The minimum Gasteiger partial charge on any atom is -0.497 e. The predicted molar refractivity (Wildman–Crippen MR) is 57.8 cm³/mol. The van der Waals surface area contributed by atoms with Crippen LogP contribution in [0.25, 0.3) is 0 Å². The normalized spacial score (nSPS) is 12.5. The number of methoxy groups -OCH3 is 1. The molecule has 0 amide bonds. The van der Waals surface area contributed by atoms with Gasteiger partial charge in [-0.25, -0.2) is 0 Å². The van der Waals surface area contributed by atoms with Crippen LogP contribution >= 0.6 is 0 Å². The zero-order chi connectivity index (χ0) is 11.1. The number of hydrogen-bond donors (Lipinski definition) is 3. The molecule has 4 heteroatoms. The van der Waals surface area contributed by atoms with E-state index in [1.165, 1.54) is 0 Å². The molecule has 0 spiro atoms. The highest BCUT2D eigenvalue weighted by molar-refractivity contribution is 5.28. The molecule has 0 saturated heterocycles. The fourth-order valence-electron chi connectivity index (χ4n) is 1.23. The third-order valence-corrected chi connectivity index (χ3v) is 2.05. The van der Waals surface area contributed by atoms with E-state index in [0.717, 1.165) is 11.3 Å². The van der Waals surface area contributed by atoms with Gasteiger partial charge in [-0.2, -0.15) is 0 Å². The molecule has 0 radical (unpaired) electrons. The van der Waals surface area contributed by atoms with Crippen LogP contribution in [0.1, 0.15) is 5.56 Å². The maximum atomic E-state index is 9.10. The van der Waals surface area contributed by atoms with E-state index in [1.807, 2.05) is 24.3 Å². The molecule has 0 aliphatic heterocycles. The summed E-state index contributed by atoms with van der Waals surface area (Å²) in [6.07, 6.45) is -0.699. The van der Waals surface area contributed by atoms with Crippen LogP contribution in [0.3, 0.4) is 0 Å². The van der Waals surface area contributed by atoms with Gasteiger partial charge in [0.2, 0.25) is 0 Å². The number of aliphatic hydroxyl groups is 2. The quantitative estimate of drug-likeness (QED) is 0.626. The molecule has 0 bridgehead atoms. The van der Waals surface area contributed by atoms with E-state index in [1.54, 1.807) is 7.11 Å². The standard InChI is InChI=1S/C11H17NO3/c1-15-11-4-2-3-9(5-11)6-12-7-10(14)8-13/h2-5,10,12-14H,6-8H2,1H3.